The molecule has 6 heavy (non-hydrogen) atoms. The maximum absolute atomic E-state index is 10.8. The predicted octanol–water partition coefficient (Wildman–Crippen LogP) is -2.55. The van der Waals surface area contributed by atoms with Crippen LogP contribution in [0.1, 0.15) is 7.85 Å². The van der Waals surface area contributed by atoms with Crippen molar-refractivity contribution in [1.82, 2.24) is 0 Å². The maximum Gasteiger partial charge on any atom is 1.00 e. The van der Waals surface area contributed by atoms with Crippen molar-refractivity contribution in [1.29, 1.82) is 0 Å². The quantitative estimate of drug-likeness (QED) is 0.381. The third kappa shape index (κ3) is 8.86. The fourth-order valence-electron chi connectivity index (χ4n) is 0.0598. The molecule has 0 aliphatic heterocycles. The van der Waals surface area contributed by atoms with E-state index >= 15 is 0 Å². The van der Waals surface area contributed by atoms with Crippen LogP contribution in [0.4, 0.5) is 4.39 Å². The average molecular weight is 102 g/mol. The van der Waals surface area contributed by atoms with E-state index in [1.807, 2.05) is 0 Å². The van der Waals surface area contributed by atoms with E-state index in [-0.39, 0.29) is 44.0 Å². The second kappa shape index (κ2) is 9.31. The summed E-state index contributed by atoms with van der Waals surface area (Å²) in [4.78, 5) is 0. The molecule has 1 nitrogen and oxygen atoms in total. The maximum atomic E-state index is 10.8. The van der Waals surface area contributed by atoms with Crippen molar-refractivity contribution >= 4 is 0 Å². The van der Waals surface area contributed by atoms with Crippen LogP contribution in [0.5, 0.6) is 0 Å². The Morgan fingerprint density at radius 3 is 2.17 bits per heavy atom. The third-order valence-corrected chi connectivity index (χ3v) is 0.292. The second-order valence-corrected chi connectivity index (χ2v) is 0.766. The third-order valence-electron chi connectivity index (χ3n) is 0.292. The van der Waals surface area contributed by atoms with Crippen LogP contribution < -0.4 is 29.6 Å². The molecule has 3 heteroatoms. The molecule has 34 valence electrons. The van der Waals surface area contributed by atoms with Crippen molar-refractivity contribution in [2.75, 3.05) is 13.3 Å². The fraction of sp³-hybridized carbons (Fsp3) is 1.00. The van der Waals surface area contributed by atoms with E-state index in [9.17, 15) is 4.39 Å². The van der Waals surface area contributed by atoms with Gasteiger partial charge in [0, 0.05) is 6.61 Å². The summed E-state index contributed by atoms with van der Waals surface area (Å²) < 4.78 is 10.8. The number of halogens is 1. The van der Waals surface area contributed by atoms with E-state index < -0.39 is 6.67 Å². The molecule has 0 radical (unpaired) electrons. The summed E-state index contributed by atoms with van der Waals surface area (Å²) in [5.41, 5.74) is 0. The van der Waals surface area contributed by atoms with Crippen molar-refractivity contribution in [3.05, 3.63) is 0 Å². The van der Waals surface area contributed by atoms with Gasteiger partial charge in [0.1, 0.15) is 0 Å². The Morgan fingerprint density at radius 1 is 1.67 bits per heavy atom. The molecule has 0 heterocycles. The Balaban J connectivity index is -0.0000000800. The van der Waals surface area contributed by atoms with E-state index in [0.717, 1.165) is 0 Å². The number of aliphatic hydroxyl groups is 1. The molecule has 0 aromatic rings. The van der Waals surface area contributed by atoms with Gasteiger partial charge >= 0.3 is 29.6 Å². The summed E-state index contributed by atoms with van der Waals surface area (Å²) in [6.45, 7) is -0.438. The summed E-state index contributed by atoms with van der Waals surface area (Å²) >= 11 is 0. The number of hydrogen-bond acceptors (Lipinski definition) is 1. The molecule has 0 aliphatic rings. The summed E-state index contributed by atoms with van der Waals surface area (Å²) in [6.07, 6.45) is 0.278. The van der Waals surface area contributed by atoms with E-state index in [1.54, 1.807) is 0 Å². The summed E-state index contributed by atoms with van der Waals surface area (Å²) in [5, 5.41) is 7.83. The zero-order valence-corrected chi connectivity index (χ0v) is 5.95. The normalized spacial score (nSPS) is 7.00. The largest absolute Gasteiger partial charge is 1.00 e. The fourth-order valence-corrected chi connectivity index (χ4v) is 0.0598. The van der Waals surface area contributed by atoms with Gasteiger partial charge in [-0.25, -0.2) is 0 Å². The zero-order valence-electron chi connectivity index (χ0n) is 4.95. The van der Waals surface area contributed by atoms with Crippen LogP contribution in [-0.2, 0) is 0 Å². The van der Waals surface area contributed by atoms with E-state index in [1.165, 1.54) is 0 Å². The van der Waals surface area contributed by atoms with Gasteiger partial charge in [0.05, 0.1) is 6.67 Å². The minimum atomic E-state index is -0.406. The zero-order chi connectivity index (χ0) is 4.12. The molecule has 0 bridgehead atoms. The van der Waals surface area contributed by atoms with Crippen LogP contribution in [-0.4, -0.2) is 18.4 Å². The van der Waals surface area contributed by atoms with Gasteiger partial charge in [0.15, 0.2) is 0 Å². The summed E-state index contributed by atoms with van der Waals surface area (Å²) in [5.74, 6) is 0. The van der Waals surface area contributed by atoms with Gasteiger partial charge in [0.2, 0.25) is 0 Å². The number of aliphatic hydroxyl groups excluding tert-OH is 1. The first-order chi connectivity index (χ1) is 2.41. The molecule has 0 aromatic carbocycles. The van der Waals surface area contributed by atoms with Crippen LogP contribution >= 0.6 is 0 Å². The first kappa shape index (κ1) is 10.00. The Kier molecular flexibility index (Phi) is 15.5. The summed E-state index contributed by atoms with van der Waals surface area (Å²) in [7, 11) is 0. The van der Waals surface area contributed by atoms with E-state index in [2.05, 4.69) is 0 Å². The SMILES string of the molecule is OCCCF.[H-].[Na+]. The molecule has 0 amide bonds. The minimum absolute atomic E-state index is 0. The van der Waals surface area contributed by atoms with Gasteiger partial charge in [-0.2, -0.15) is 0 Å². The van der Waals surface area contributed by atoms with Crippen LogP contribution in [0, 0.1) is 0 Å². The molecular weight excluding hydrogens is 94.0 g/mol. The molecule has 0 saturated carbocycles. The standard InChI is InChI=1S/C3H7FO.Na.H/c4-2-1-3-5;;/h5H,1-3H2;;/q;+1;-1. The molecule has 0 atom stereocenters. The monoisotopic (exact) mass is 102 g/mol. The first-order valence-electron chi connectivity index (χ1n) is 1.58. The molecule has 1 N–H and O–H groups in total. The Hall–Kier alpha value is 0.890. The molecule has 0 rings (SSSR count). The second-order valence-electron chi connectivity index (χ2n) is 0.766. The van der Waals surface area contributed by atoms with Gasteiger partial charge in [-0.05, 0) is 6.42 Å². The van der Waals surface area contributed by atoms with Gasteiger partial charge in [-0.15, -0.1) is 0 Å². The topological polar surface area (TPSA) is 20.2 Å². The van der Waals surface area contributed by atoms with Crippen molar-refractivity contribution in [3.63, 3.8) is 0 Å². The molecular formula is C3H8FNaO. The molecule has 0 unspecified atom stereocenters. The predicted molar refractivity (Wildman–Crippen MR) is 18.8 cm³/mol. The molecule has 0 aliphatic carbocycles. The van der Waals surface area contributed by atoms with Crippen molar-refractivity contribution in [3.8, 4) is 0 Å². The molecule has 0 aromatic heterocycles. The molecule has 0 fully saturated rings. The van der Waals surface area contributed by atoms with Crippen molar-refractivity contribution in [2.24, 2.45) is 0 Å². The van der Waals surface area contributed by atoms with Crippen molar-refractivity contribution in [2.45, 2.75) is 6.42 Å². The van der Waals surface area contributed by atoms with Crippen LogP contribution in [0.2, 0.25) is 0 Å². The van der Waals surface area contributed by atoms with Gasteiger partial charge in [-0.1, -0.05) is 0 Å². The van der Waals surface area contributed by atoms with Crippen LogP contribution in [0.3, 0.4) is 0 Å². The Bertz CT molecular complexity index is 22.4. The molecule has 0 saturated heterocycles. The summed E-state index contributed by atoms with van der Waals surface area (Å²) in [6, 6.07) is 0. The van der Waals surface area contributed by atoms with Crippen LogP contribution in [0.25, 0.3) is 0 Å². The number of rotatable bonds is 2. The molecule has 0 spiro atoms. The van der Waals surface area contributed by atoms with Gasteiger partial charge in [-0.3, -0.25) is 4.39 Å². The number of hydrogen-bond donors (Lipinski definition) is 1. The minimum Gasteiger partial charge on any atom is -1.00 e. The Labute approximate surface area is 60.3 Å². The smallest absolute Gasteiger partial charge is 1.00 e. The van der Waals surface area contributed by atoms with E-state index in [0.29, 0.717) is 0 Å². The van der Waals surface area contributed by atoms with Gasteiger partial charge in [0.25, 0.3) is 0 Å². The average Bonchev–Trinajstić information content (AvgIpc) is 1.41. The van der Waals surface area contributed by atoms with E-state index in [4.69, 9.17) is 5.11 Å². The number of alkyl halides is 1. The first-order valence-corrected chi connectivity index (χ1v) is 1.58. The van der Waals surface area contributed by atoms with Crippen molar-refractivity contribution < 1.29 is 40.5 Å². The van der Waals surface area contributed by atoms with Crippen LogP contribution in [0.15, 0.2) is 0 Å². The van der Waals surface area contributed by atoms with Gasteiger partial charge < -0.3 is 6.53 Å². The Morgan fingerprint density at radius 2 is 2.17 bits per heavy atom.